The Balaban J connectivity index is 1.50. The number of carbonyl (C=O) groups is 1. The standard InChI is InChI=1S/C28H28F2N4O3/c1-33(2)20-6-7-22(27(16-20)36-3)28(35)32-24-14-18(17-31)4-8-25(24)34-12-10-21(11-13-34)37-26-9-5-19(29)15-23(26)30/h4-9,14-16,21H,10-13H2,1-3H3,(H,32,35). The molecular weight excluding hydrogens is 478 g/mol. The van der Waals surface area contributed by atoms with E-state index in [1.807, 2.05) is 25.1 Å². The number of ether oxygens (including phenoxy) is 2. The van der Waals surface area contributed by atoms with Gasteiger partial charge in [0.1, 0.15) is 17.7 Å². The minimum atomic E-state index is -0.728. The molecule has 0 spiro atoms. The van der Waals surface area contributed by atoms with Crippen LogP contribution in [0.2, 0.25) is 0 Å². The Morgan fingerprint density at radius 1 is 1.05 bits per heavy atom. The summed E-state index contributed by atoms with van der Waals surface area (Å²) in [6, 6.07) is 15.9. The van der Waals surface area contributed by atoms with Crippen molar-refractivity contribution in [3.63, 3.8) is 0 Å². The number of rotatable bonds is 7. The largest absolute Gasteiger partial charge is 0.496 e. The fourth-order valence-electron chi connectivity index (χ4n) is 4.28. The van der Waals surface area contributed by atoms with Crippen LogP contribution in [0.5, 0.6) is 11.5 Å². The van der Waals surface area contributed by atoms with Crippen molar-refractivity contribution in [3.8, 4) is 17.6 Å². The zero-order chi connectivity index (χ0) is 26.5. The molecule has 3 aromatic carbocycles. The predicted molar refractivity (Wildman–Crippen MR) is 139 cm³/mol. The Kier molecular flexibility index (Phi) is 7.77. The number of hydrogen-bond donors (Lipinski definition) is 1. The van der Waals surface area contributed by atoms with Crippen molar-refractivity contribution < 1.29 is 23.0 Å². The molecule has 0 aromatic heterocycles. The number of anilines is 3. The number of nitrogens with zero attached hydrogens (tertiary/aromatic N) is 3. The van der Waals surface area contributed by atoms with E-state index in [2.05, 4.69) is 16.3 Å². The first-order valence-electron chi connectivity index (χ1n) is 11.9. The van der Waals surface area contributed by atoms with Gasteiger partial charge in [-0.2, -0.15) is 5.26 Å². The van der Waals surface area contributed by atoms with Crippen molar-refractivity contribution in [1.82, 2.24) is 0 Å². The van der Waals surface area contributed by atoms with Gasteiger partial charge < -0.3 is 24.6 Å². The number of methoxy groups -OCH3 is 1. The number of nitrogens with one attached hydrogen (secondary N) is 1. The van der Waals surface area contributed by atoms with Gasteiger partial charge in [0.15, 0.2) is 11.6 Å². The van der Waals surface area contributed by atoms with E-state index < -0.39 is 11.6 Å². The molecule has 192 valence electrons. The molecule has 1 aliphatic heterocycles. The van der Waals surface area contributed by atoms with Gasteiger partial charge in [0.05, 0.1) is 35.7 Å². The summed E-state index contributed by atoms with van der Waals surface area (Å²) in [6.45, 7) is 1.17. The van der Waals surface area contributed by atoms with Gasteiger partial charge in [-0.25, -0.2) is 8.78 Å². The van der Waals surface area contributed by atoms with Crippen LogP contribution in [0, 0.1) is 23.0 Å². The minimum Gasteiger partial charge on any atom is -0.496 e. The molecule has 3 aromatic rings. The smallest absolute Gasteiger partial charge is 0.259 e. The second kappa shape index (κ2) is 11.2. The van der Waals surface area contributed by atoms with Crippen LogP contribution in [0.3, 0.4) is 0 Å². The van der Waals surface area contributed by atoms with Gasteiger partial charge in [-0.1, -0.05) is 0 Å². The number of benzene rings is 3. The van der Waals surface area contributed by atoms with Gasteiger partial charge in [0.25, 0.3) is 5.91 Å². The topological polar surface area (TPSA) is 77.8 Å². The molecule has 0 radical (unpaired) electrons. The number of carbonyl (C=O) groups excluding carboxylic acids is 1. The van der Waals surface area contributed by atoms with Crippen molar-refractivity contribution in [3.05, 3.63) is 77.4 Å². The lowest BCUT2D eigenvalue weighted by atomic mass is 10.0. The molecule has 1 saturated heterocycles. The summed E-state index contributed by atoms with van der Waals surface area (Å²) in [7, 11) is 5.31. The molecule has 1 aliphatic rings. The van der Waals surface area contributed by atoms with E-state index >= 15 is 0 Å². The number of halogens is 2. The van der Waals surface area contributed by atoms with Crippen LogP contribution >= 0.6 is 0 Å². The summed E-state index contributed by atoms with van der Waals surface area (Å²) in [5, 5.41) is 12.4. The highest BCUT2D eigenvalue weighted by atomic mass is 19.1. The molecule has 9 heteroatoms. The monoisotopic (exact) mass is 506 g/mol. The van der Waals surface area contributed by atoms with Gasteiger partial charge in [-0.05, 0) is 42.5 Å². The number of piperidine rings is 1. The lowest BCUT2D eigenvalue weighted by Gasteiger charge is -2.35. The van der Waals surface area contributed by atoms with E-state index in [0.717, 1.165) is 17.4 Å². The van der Waals surface area contributed by atoms with Gasteiger partial charge >= 0.3 is 0 Å². The fraction of sp³-hybridized carbons (Fsp3) is 0.286. The third-order valence-corrected chi connectivity index (χ3v) is 6.29. The maximum Gasteiger partial charge on any atom is 0.259 e. The van der Waals surface area contributed by atoms with Crippen molar-refractivity contribution in [2.75, 3.05) is 49.4 Å². The first-order valence-corrected chi connectivity index (χ1v) is 11.9. The molecule has 4 rings (SSSR count). The highest BCUT2D eigenvalue weighted by Crippen LogP contribution is 2.33. The molecule has 0 unspecified atom stereocenters. The van der Waals surface area contributed by atoms with Crippen LogP contribution in [0.4, 0.5) is 25.8 Å². The van der Waals surface area contributed by atoms with Gasteiger partial charge in [0, 0.05) is 57.8 Å². The van der Waals surface area contributed by atoms with E-state index in [-0.39, 0.29) is 17.8 Å². The fourth-order valence-corrected chi connectivity index (χ4v) is 4.28. The van der Waals surface area contributed by atoms with Crippen molar-refractivity contribution in [2.45, 2.75) is 18.9 Å². The van der Waals surface area contributed by atoms with Crippen LogP contribution < -0.4 is 24.6 Å². The summed E-state index contributed by atoms with van der Waals surface area (Å²) in [5.74, 6) is -1.27. The van der Waals surface area contributed by atoms with E-state index in [0.29, 0.717) is 48.5 Å². The summed E-state index contributed by atoms with van der Waals surface area (Å²) in [4.78, 5) is 17.2. The lowest BCUT2D eigenvalue weighted by Crippen LogP contribution is -2.38. The molecular formula is C28H28F2N4O3. The third-order valence-electron chi connectivity index (χ3n) is 6.29. The summed E-state index contributed by atoms with van der Waals surface area (Å²) < 4.78 is 38.4. The Morgan fingerprint density at radius 3 is 2.46 bits per heavy atom. The first-order chi connectivity index (χ1) is 17.8. The molecule has 1 fully saturated rings. The average Bonchev–Trinajstić information content (AvgIpc) is 2.90. The molecule has 1 N–H and O–H groups in total. The maximum atomic E-state index is 14.0. The van der Waals surface area contributed by atoms with Gasteiger partial charge in [-0.15, -0.1) is 0 Å². The average molecular weight is 507 g/mol. The van der Waals surface area contributed by atoms with Gasteiger partial charge in [0.2, 0.25) is 0 Å². The quantitative estimate of drug-likeness (QED) is 0.474. The number of amides is 1. The Bertz CT molecular complexity index is 1330. The second-order valence-electron chi connectivity index (χ2n) is 8.96. The summed E-state index contributed by atoms with van der Waals surface area (Å²) in [5.41, 5.74) is 2.95. The number of hydrogen-bond acceptors (Lipinski definition) is 6. The van der Waals surface area contributed by atoms with Crippen LogP contribution in [-0.4, -0.2) is 46.3 Å². The normalized spacial score (nSPS) is 13.6. The molecule has 1 amide bonds. The van der Waals surface area contributed by atoms with E-state index in [1.165, 1.54) is 19.2 Å². The molecule has 0 atom stereocenters. The van der Waals surface area contributed by atoms with E-state index in [1.54, 1.807) is 30.3 Å². The highest BCUT2D eigenvalue weighted by molar-refractivity contribution is 6.08. The zero-order valence-corrected chi connectivity index (χ0v) is 20.9. The van der Waals surface area contributed by atoms with Crippen LogP contribution in [0.1, 0.15) is 28.8 Å². The summed E-state index contributed by atoms with van der Waals surface area (Å²) in [6.07, 6.45) is 0.973. The molecule has 37 heavy (non-hydrogen) atoms. The zero-order valence-electron chi connectivity index (χ0n) is 20.9. The van der Waals surface area contributed by atoms with Crippen LogP contribution in [-0.2, 0) is 0 Å². The van der Waals surface area contributed by atoms with Crippen LogP contribution in [0.25, 0.3) is 0 Å². The van der Waals surface area contributed by atoms with E-state index in [4.69, 9.17) is 9.47 Å². The van der Waals surface area contributed by atoms with Crippen molar-refractivity contribution >= 4 is 23.0 Å². The maximum absolute atomic E-state index is 14.0. The minimum absolute atomic E-state index is 0.0282. The van der Waals surface area contributed by atoms with Gasteiger partial charge in [-0.3, -0.25) is 4.79 Å². The Hall–Kier alpha value is -4.32. The van der Waals surface area contributed by atoms with Crippen molar-refractivity contribution in [1.29, 1.82) is 5.26 Å². The van der Waals surface area contributed by atoms with Crippen LogP contribution in [0.15, 0.2) is 54.6 Å². The lowest BCUT2D eigenvalue weighted by molar-refractivity contribution is 0.102. The molecule has 1 heterocycles. The van der Waals surface area contributed by atoms with Crippen molar-refractivity contribution in [2.24, 2.45) is 0 Å². The highest BCUT2D eigenvalue weighted by Gasteiger charge is 2.25. The predicted octanol–water partition coefficient (Wildman–Crippen LogP) is 5.21. The summed E-state index contributed by atoms with van der Waals surface area (Å²) >= 11 is 0. The molecule has 0 saturated carbocycles. The third kappa shape index (κ3) is 5.92. The molecule has 7 nitrogen and oxygen atoms in total. The Morgan fingerprint density at radius 2 is 1.81 bits per heavy atom. The SMILES string of the molecule is COc1cc(N(C)C)ccc1C(=O)Nc1cc(C#N)ccc1N1CCC(Oc2ccc(F)cc2F)CC1. The second-order valence-corrected chi connectivity index (χ2v) is 8.96. The Labute approximate surface area is 214 Å². The molecule has 0 bridgehead atoms. The molecule has 0 aliphatic carbocycles. The first kappa shape index (κ1) is 25.8. The number of nitriles is 1. The van der Waals surface area contributed by atoms with E-state index in [9.17, 15) is 18.8 Å².